The SMILES string of the molecule is Cc1nc(NC(C)C(C)CN)sc1C. The van der Waals surface area contributed by atoms with Crippen LogP contribution in [-0.4, -0.2) is 17.6 Å². The first-order chi connectivity index (χ1) is 6.54. The van der Waals surface area contributed by atoms with Crippen molar-refractivity contribution in [3.05, 3.63) is 10.6 Å². The van der Waals surface area contributed by atoms with Gasteiger partial charge in [0.1, 0.15) is 0 Å². The quantitative estimate of drug-likeness (QED) is 0.806. The van der Waals surface area contributed by atoms with E-state index in [1.54, 1.807) is 11.3 Å². The minimum absolute atomic E-state index is 0.380. The summed E-state index contributed by atoms with van der Waals surface area (Å²) in [6, 6.07) is 0.380. The topological polar surface area (TPSA) is 50.9 Å². The third kappa shape index (κ3) is 2.69. The van der Waals surface area contributed by atoms with Gasteiger partial charge in [0.15, 0.2) is 5.13 Å². The maximum Gasteiger partial charge on any atom is 0.183 e. The fraction of sp³-hybridized carbons (Fsp3) is 0.700. The van der Waals surface area contributed by atoms with Gasteiger partial charge in [-0.3, -0.25) is 0 Å². The van der Waals surface area contributed by atoms with Gasteiger partial charge in [0.05, 0.1) is 5.69 Å². The molecular weight excluding hydrogens is 194 g/mol. The number of rotatable bonds is 4. The van der Waals surface area contributed by atoms with Crippen molar-refractivity contribution in [2.24, 2.45) is 11.7 Å². The fourth-order valence-corrected chi connectivity index (χ4v) is 1.99. The summed E-state index contributed by atoms with van der Waals surface area (Å²) in [4.78, 5) is 5.71. The molecule has 1 rings (SSSR count). The molecule has 4 heteroatoms. The maximum absolute atomic E-state index is 5.60. The predicted molar refractivity (Wildman–Crippen MR) is 62.9 cm³/mol. The Morgan fingerprint density at radius 1 is 1.43 bits per heavy atom. The molecule has 3 N–H and O–H groups in total. The van der Waals surface area contributed by atoms with E-state index in [9.17, 15) is 0 Å². The number of nitrogens with zero attached hydrogens (tertiary/aromatic N) is 1. The van der Waals surface area contributed by atoms with Crippen LogP contribution in [0, 0.1) is 19.8 Å². The summed E-state index contributed by atoms with van der Waals surface area (Å²) in [5.74, 6) is 0.472. The molecule has 0 aromatic carbocycles. The molecule has 2 atom stereocenters. The third-order valence-electron chi connectivity index (χ3n) is 2.61. The molecule has 0 radical (unpaired) electrons. The molecule has 1 aromatic heterocycles. The van der Waals surface area contributed by atoms with Crippen LogP contribution in [0.2, 0.25) is 0 Å². The standard InChI is InChI=1S/C10H19N3S/c1-6(5-11)7(2)12-10-13-8(3)9(4)14-10/h6-7H,5,11H2,1-4H3,(H,12,13). The first-order valence-corrected chi connectivity index (χ1v) is 5.77. The number of hydrogen-bond acceptors (Lipinski definition) is 4. The van der Waals surface area contributed by atoms with Gasteiger partial charge in [0.25, 0.3) is 0 Å². The Morgan fingerprint density at radius 2 is 2.07 bits per heavy atom. The highest BCUT2D eigenvalue weighted by molar-refractivity contribution is 7.15. The highest BCUT2D eigenvalue weighted by atomic mass is 32.1. The van der Waals surface area contributed by atoms with E-state index in [-0.39, 0.29) is 0 Å². The summed E-state index contributed by atoms with van der Waals surface area (Å²) >= 11 is 1.71. The first-order valence-electron chi connectivity index (χ1n) is 4.95. The normalized spacial score (nSPS) is 15.2. The Bertz CT molecular complexity index is 276. The summed E-state index contributed by atoms with van der Waals surface area (Å²) in [6.07, 6.45) is 0. The van der Waals surface area contributed by atoms with Crippen LogP contribution in [0.15, 0.2) is 0 Å². The largest absolute Gasteiger partial charge is 0.359 e. The summed E-state index contributed by atoms with van der Waals surface area (Å²) < 4.78 is 0. The van der Waals surface area contributed by atoms with Gasteiger partial charge in [-0.05, 0) is 33.2 Å². The van der Waals surface area contributed by atoms with E-state index in [1.807, 2.05) is 6.92 Å². The molecule has 0 saturated heterocycles. The summed E-state index contributed by atoms with van der Waals surface area (Å²) in [7, 11) is 0. The zero-order valence-electron chi connectivity index (χ0n) is 9.29. The van der Waals surface area contributed by atoms with Gasteiger partial charge in [-0.1, -0.05) is 6.92 Å². The molecule has 0 aliphatic rings. The van der Waals surface area contributed by atoms with Gasteiger partial charge in [-0.2, -0.15) is 0 Å². The lowest BCUT2D eigenvalue weighted by Crippen LogP contribution is -2.29. The van der Waals surface area contributed by atoms with Gasteiger partial charge in [-0.25, -0.2) is 4.98 Å². The maximum atomic E-state index is 5.60. The van der Waals surface area contributed by atoms with E-state index in [2.05, 4.69) is 31.1 Å². The monoisotopic (exact) mass is 213 g/mol. The lowest BCUT2D eigenvalue weighted by molar-refractivity contribution is 0.521. The van der Waals surface area contributed by atoms with Crippen LogP contribution in [0.3, 0.4) is 0 Å². The molecule has 0 amide bonds. The minimum Gasteiger partial charge on any atom is -0.359 e. The van der Waals surface area contributed by atoms with E-state index in [0.29, 0.717) is 18.5 Å². The van der Waals surface area contributed by atoms with E-state index in [4.69, 9.17) is 5.73 Å². The molecule has 0 spiro atoms. The van der Waals surface area contributed by atoms with E-state index < -0.39 is 0 Å². The van der Waals surface area contributed by atoms with E-state index in [0.717, 1.165) is 10.8 Å². The van der Waals surface area contributed by atoms with Gasteiger partial charge in [0, 0.05) is 10.9 Å². The summed E-state index contributed by atoms with van der Waals surface area (Å²) in [5.41, 5.74) is 6.72. The van der Waals surface area contributed by atoms with Gasteiger partial charge in [-0.15, -0.1) is 11.3 Å². The zero-order valence-corrected chi connectivity index (χ0v) is 10.1. The van der Waals surface area contributed by atoms with Crippen molar-refractivity contribution in [1.82, 2.24) is 4.98 Å². The van der Waals surface area contributed by atoms with E-state index >= 15 is 0 Å². The Labute approximate surface area is 89.7 Å². The van der Waals surface area contributed by atoms with Crippen LogP contribution < -0.4 is 11.1 Å². The molecule has 0 bridgehead atoms. The van der Waals surface area contributed by atoms with Gasteiger partial charge in [0.2, 0.25) is 0 Å². The molecule has 0 fully saturated rings. The van der Waals surface area contributed by atoms with Crippen LogP contribution in [0.1, 0.15) is 24.4 Å². The molecule has 14 heavy (non-hydrogen) atoms. The predicted octanol–water partition coefficient (Wildman–Crippen LogP) is 2.16. The number of nitrogens with two attached hydrogens (primary N) is 1. The second kappa shape index (κ2) is 4.75. The smallest absolute Gasteiger partial charge is 0.183 e. The molecule has 0 aliphatic carbocycles. The zero-order chi connectivity index (χ0) is 10.7. The van der Waals surface area contributed by atoms with Gasteiger partial charge >= 0.3 is 0 Å². The number of nitrogens with one attached hydrogen (secondary N) is 1. The average Bonchev–Trinajstić information content (AvgIpc) is 2.44. The molecule has 0 saturated carbocycles. The van der Waals surface area contributed by atoms with Crippen LogP contribution >= 0.6 is 11.3 Å². The van der Waals surface area contributed by atoms with Crippen molar-refractivity contribution in [1.29, 1.82) is 0 Å². The van der Waals surface area contributed by atoms with Crippen LogP contribution in [-0.2, 0) is 0 Å². The average molecular weight is 213 g/mol. The van der Waals surface area contributed by atoms with Crippen LogP contribution in [0.4, 0.5) is 5.13 Å². The number of hydrogen-bond donors (Lipinski definition) is 2. The highest BCUT2D eigenvalue weighted by Crippen LogP contribution is 2.22. The lowest BCUT2D eigenvalue weighted by atomic mass is 10.1. The molecular formula is C10H19N3S. The summed E-state index contributed by atoms with van der Waals surface area (Å²) in [5, 5.41) is 4.39. The molecule has 80 valence electrons. The number of aromatic nitrogens is 1. The molecule has 2 unspecified atom stereocenters. The minimum atomic E-state index is 0.380. The number of anilines is 1. The van der Waals surface area contributed by atoms with Crippen molar-refractivity contribution in [2.45, 2.75) is 33.7 Å². The molecule has 1 heterocycles. The number of aryl methyl sites for hydroxylation is 2. The summed E-state index contributed by atoms with van der Waals surface area (Å²) in [6.45, 7) is 9.12. The Kier molecular flexibility index (Phi) is 3.89. The Hall–Kier alpha value is -0.610. The first kappa shape index (κ1) is 11.5. The Balaban J connectivity index is 2.60. The van der Waals surface area contributed by atoms with Crippen molar-refractivity contribution < 1.29 is 0 Å². The Morgan fingerprint density at radius 3 is 2.50 bits per heavy atom. The molecule has 0 aliphatic heterocycles. The van der Waals surface area contributed by atoms with Crippen molar-refractivity contribution in [2.75, 3.05) is 11.9 Å². The van der Waals surface area contributed by atoms with Crippen molar-refractivity contribution in [3.63, 3.8) is 0 Å². The van der Waals surface area contributed by atoms with E-state index in [1.165, 1.54) is 4.88 Å². The fourth-order valence-electron chi connectivity index (χ4n) is 1.08. The van der Waals surface area contributed by atoms with Crippen molar-refractivity contribution in [3.8, 4) is 0 Å². The highest BCUT2D eigenvalue weighted by Gasteiger charge is 2.12. The van der Waals surface area contributed by atoms with Crippen LogP contribution in [0.5, 0.6) is 0 Å². The molecule has 3 nitrogen and oxygen atoms in total. The van der Waals surface area contributed by atoms with Crippen molar-refractivity contribution >= 4 is 16.5 Å². The number of thiazole rings is 1. The second-order valence-corrected chi connectivity index (χ2v) is 5.01. The van der Waals surface area contributed by atoms with Gasteiger partial charge < -0.3 is 11.1 Å². The second-order valence-electron chi connectivity index (χ2n) is 3.81. The lowest BCUT2D eigenvalue weighted by Gasteiger charge is -2.18. The third-order valence-corrected chi connectivity index (χ3v) is 3.61. The van der Waals surface area contributed by atoms with Crippen LogP contribution in [0.25, 0.3) is 0 Å². The molecule has 1 aromatic rings.